The van der Waals surface area contributed by atoms with Gasteiger partial charge in [0.2, 0.25) is 11.8 Å². The first-order valence-electron chi connectivity index (χ1n) is 7.99. The van der Waals surface area contributed by atoms with E-state index in [2.05, 4.69) is 10.3 Å². The lowest BCUT2D eigenvalue weighted by atomic mass is 10.1. The molecule has 7 nitrogen and oxygen atoms in total. The fraction of sp³-hybridized carbons (Fsp3) is 0.667. The second-order valence-corrected chi connectivity index (χ2v) is 6.88. The summed E-state index contributed by atoms with van der Waals surface area (Å²) in [4.78, 5) is 33.2. The molecule has 2 aliphatic rings. The topological polar surface area (TPSA) is 70.5 Å². The van der Waals surface area contributed by atoms with Crippen LogP contribution in [-0.2, 0) is 16.6 Å². The molecule has 0 aromatic carbocycles. The minimum absolute atomic E-state index is 0.0475. The lowest BCUT2D eigenvalue weighted by Gasteiger charge is -2.38. The highest BCUT2D eigenvalue weighted by Crippen LogP contribution is 2.27. The van der Waals surface area contributed by atoms with Crippen molar-refractivity contribution in [3.8, 4) is 0 Å². The van der Waals surface area contributed by atoms with Crippen molar-refractivity contribution >= 4 is 23.6 Å². The standard InChI is InChI=1S/C15H23N5O2S/c1-3-13(21)20-10-23-9-12(20)15(22)19-7-4-16-8-11(19)14-17-5-6-18(14)2/h5-6,11-12,16H,3-4,7-10H2,1-2H3. The molecule has 2 aliphatic heterocycles. The van der Waals surface area contributed by atoms with E-state index < -0.39 is 0 Å². The third-order valence-electron chi connectivity index (χ3n) is 4.47. The van der Waals surface area contributed by atoms with Crippen LogP contribution in [0.1, 0.15) is 25.2 Å². The molecule has 23 heavy (non-hydrogen) atoms. The normalized spacial score (nSPS) is 25.0. The SMILES string of the molecule is CCC(=O)N1CSCC1C(=O)N1CCNCC1c1nccn1C. The van der Waals surface area contributed by atoms with Crippen molar-refractivity contribution in [1.82, 2.24) is 24.7 Å². The molecule has 2 saturated heterocycles. The Labute approximate surface area is 140 Å². The van der Waals surface area contributed by atoms with Crippen LogP contribution in [0.25, 0.3) is 0 Å². The Morgan fingerprint density at radius 2 is 2.26 bits per heavy atom. The second kappa shape index (κ2) is 6.92. The zero-order valence-electron chi connectivity index (χ0n) is 13.6. The van der Waals surface area contributed by atoms with Crippen molar-refractivity contribution in [3.63, 3.8) is 0 Å². The van der Waals surface area contributed by atoms with Gasteiger partial charge in [-0.1, -0.05) is 6.92 Å². The van der Waals surface area contributed by atoms with E-state index in [0.717, 1.165) is 12.4 Å². The number of aryl methyl sites for hydroxylation is 1. The van der Waals surface area contributed by atoms with Gasteiger partial charge in [0, 0.05) is 51.2 Å². The minimum atomic E-state index is -0.340. The average Bonchev–Trinajstić information content (AvgIpc) is 3.22. The highest BCUT2D eigenvalue weighted by molar-refractivity contribution is 7.99. The van der Waals surface area contributed by atoms with Gasteiger partial charge in [-0.2, -0.15) is 0 Å². The Balaban J connectivity index is 1.81. The molecule has 2 fully saturated rings. The van der Waals surface area contributed by atoms with Crippen LogP contribution in [0.15, 0.2) is 12.4 Å². The van der Waals surface area contributed by atoms with Crippen molar-refractivity contribution in [2.75, 3.05) is 31.3 Å². The van der Waals surface area contributed by atoms with E-state index in [1.54, 1.807) is 22.9 Å². The predicted molar refractivity (Wildman–Crippen MR) is 88.8 cm³/mol. The highest BCUT2D eigenvalue weighted by Gasteiger charge is 2.40. The second-order valence-electron chi connectivity index (χ2n) is 5.88. The van der Waals surface area contributed by atoms with Crippen LogP contribution < -0.4 is 5.32 Å². The van der Waals surface area contributed by atoms with Gasteiger partial charge >= 0.3 is 0 Å². The highest BCUT2D eigenvalue weighted by atomic mass is 32.2. The summed E-state index contributed by atoms with van der Waals surface area (Å²) in [5.74, 6) is 2.28. The maximum Gasteiger partial charge on any atom is 0.246 e. The molecule has 0 saturated carbocycles. The molecule has 0 radical (unpaired) electrons. The molecule has 0 spiro atoms. The molecule has 0 aliphatic carbocycles. The fourth-order valence-corrected chi connectivity index (χ4v) is 4.36. The monoisotopic (exact) mass is 337 g/mol. The molecule has 0 bridgehead atoms. The van der Waals surface area contributed by atoms with Gasteiger partial charge in [-0.05, 0) is 0 Å². The van der Waals surface area contributed by atoms with E-state index >= 15 is 0 Å². The number of amides is 2. The van der Waals surface area contributed by atoms with E-state index in [0.29, 0.717) is 31.1 Å². The predicted octanol–water partition coefficient (Wildman–Crippen LogP) is 0.205. The molecule has 2 unspecified atom stereocenters. The lowest BCUT2D eigenvalue weighted by Crippen LogP contribution is -2.55. The molecule has 3 rings (SSSR count). The Kier molecular flexibility index (Phi) is 4.91. The third kappa shape index (κ3) is 3.10. The number of nitrogens with zero attached hydrogens (tertiary/aromatic N) is 4. The minimum Gasteiger partial charge on any atom is -0.336 e. The van der Waals surface area contributed by atoms with E-state index in [1.807, 2.05) is 29.6 Å². The number of rotatable bonds is 3. The summed E-state index contributed by atoms with van der Waals surface area (Å²) in [7, 11) is 1.94. The van der Waals surface area contributed by atoms with Crippen LogP contribution in [0, 0.1) is 0 Å². The van der Waals surface area contributed by atoms with E-state index in [9.17, 15) is 9.59 Å². The molecule has 3 heterocycles. The number of thioether (sulfide) groups is 1. The van der Waals surface area contributed by atoms with Crippen molar-refractivity contribution in [2.45, 2.75) is 25.4 Å². The summed E-state index contributed by atoms with van der Waals surface area (Å²) >= 11 is 1.65. The Morgan fingerprint density at radius 1 is 1.43 bits per heavy atom. The van der Waals surface area contributed by atoms with E-state index in [1.165, 1.54) is 0 Å². The molecule has 8 heteroatoms. The Morgan fingerprint density at radius 3 is 2.96 bits per heavy atom. The fourth-order valence-electron chi connectivity index (χ4n) is 3.18. The first kappa shape index (κ1) is 16.3. The molecule has 2 amide bonds. The number of carbonyl (C=O) groups is 2. The molecule has 1 N–H and O–H groups in total. The van der Waals surface area contributed by atoms with Crippen LogP contribution in [-0.4, -0.2) is 68.5 Å². The quantitative estimate of drug-likeness (QED) is 0.853. The van der Waals surface area contributed by atoms with Gasteiger partial charge in [-0.3, -0.25) is 9.59 Å². The number of aromatic nitrogens is 2. The summed E-state index contributed by atoms with van der Waals surface area (Å²) in [5, 5.41) is 3.34. The van der Waals surface area contributed by atoms with Gasteiger partial charge in [0.05, 0.1) is 5.88 Å². The number of hydrogen-bond donors (Lipinski definition) is 1. The zero-order valence-corrected chi connectivity index (χ0v) is 14.4. The average molecular weight is 337 g/mol. The van der Waals surface area contributed by atoms with Crippen molar-refractivity contribution in [3.05, 3.63) is 18.2 Å². The van der Waals surface area contributed by atoms with Crippen molar-refractivity contribution < 1.29 is 9.59 Å². The zero-order chi connectivity index (χ0) is 16.4. The summed E-state index contributed by atoms with van der Waals surface area (Å²) in [6, 6.07) is -0.422. The van der Waals surface area contributed by atoms with Gasteiger partial charge in [0.25, 0.3) is 0 Å². The van der Waals surface area contributed by atoms with E-state index in [4.69, 9.17) is 0 Å². The number of piperazine rings is 1. The van der Waals surface area contributed by atoms with Crippen LogP contribution in [0.3, 0.4) is 0 Å². The largest absolute Gasteiger partial charge is 0.336 e. The Hall–Kier alpha value is -1.54. The maximum absolute atomic E-state index is 13.1. The summed E-state index contributed by atoms with van der Waals surface area (Å²) in [6.45, 7) is 3.95. The van der Waals surface area contributed by atoms with Gasteiger partial charge in [0.1, 0.15) is 17.9 Å². The summed E-state index contributed by atoms with van der Waals surface area (Å²) in [6.07, 6.45) is 4.09. The van der Waals surface area contributed by atoms with Gasteiger partial charge < -0.3 is 19.7 Å². The smallest absolute Gasteiger partial charge is 0.246 e. The Bertz CT molecular complexity index is 590. The third-order valence-corrected chi connectivity index (χ3v) is 5.49. The lowest BCUT2D eigenvalue weighted by molar-refractivity contribution is -0.145. The van der Waals surface area contributed by atoms with Crippen LogP contribution in [0.2, 0.25) is 0 Å². The first-order valence-corrected chi connectivity index (χ1v) is 9.14. The molecule has 2 atom stereocenters. The molecule has 1 aromatic rings. The summed E-state index contributed by atoms with van der Waals surface area (Å²) < 4.78 is 1.95. The molecule has 126 valence electrons. The van der Waals surface area contributed by atoms with Crippen LogP contribution in [0.4, 0.5) is 0 Å². The first-order chi connectivity index (χ1) is 11.1. The molecular weight excluding hydrogens is 314 g/mol. The van der Waals surface area contributed by atoms with Crippen molar-refractivity contribution in [2.24, 2.45) is 7.05 Å². The van der Waals surface area contributed by atoms with Gasteiger partial charge in [-0.15, -0.1) is 11.8 Å². The van der Waals surface area contributed by atoms with Crippen LogP contribution >= 0.6 is 11.8 Å². The molecule has 1 aromatic heterocycles. The number of imidazole rings is 1. The maximum atomic E-state index is 13.1. The number of carbonyl (C=O) groups excluding carboxylic acids is 2. The van der Waals surface area contributed by atoms with Crippen molar-refractivity contribution in [1.29, 1.82) is 0 Å². The summed E-state index contributed by atoms with van der Waals surface area (Å²) in [5.41, 5.74) is 0. The van der Waals surface area contributed by atoms with Gasteiger partial charge in [-0.25, -0.2) is 4.98 Å². The van der Waals surface area contributed by atoms with Crippen LogP contribution in [0.5, 0.6) is 0 Å². The molecular formula is C15H23N5O2S. The van der Waals surface area contributed by atoms with E-state index in [-0.39, 0.29) is 23.9 Å². The number of hydrogen-bond acceptors (Lipinski definition) is 5. The number of nitrogens with one attached hydrogen (secondary N) is 1. The van der Waals surface area contributed by atoms with Gasteiger partial charge in [0.15, 0.2) is 0 Å².